The molecule has 2 rings (SSSR count). The molecule has 0 atom stereocenters. The standard InChI is InChI=1S/C16H15BrO3/c1-10-3-6-15(14(17)7-10)20-9-13-5-4-12(16(18)19)8-11(13)2/h3-8H,9H2,1-2H3,(H,18,19). The van der Waals surface area contributed by atoms with Crippen LogP contribution in [0.3, 0.4) is 0 Å². The highest BCUT2D eigenvalue weighted by atomic mass is 79.9. The highest BCUT2D eigenvalue weighted by Gasteiger charge is 2.07. The quantitative estimate of drug-likeness (QED) is 0.904. The summed E-state index contributed by atoms with van der Waals surface area (Å²) in [6.45, 7) is 4.31. The maximum Gasteiger partial charge on any atom is 0.335 e. The van der Waals surface area contributed by atoms with Crippen molar-refractivity contribution in [1.82, 2.24) is 0 Å². The van der Waals surface area contributed by atoms with Crippen LogP contribution in [0.2, 0.25) is 0 Å². The first kappa shape index (κ1) is 14.6. The number of ether oxygens (including phenoxy) is 1. The second-order valence-corrected chi connectivity index (χ2v) is 5.52. The number of carboxylic acids is 1. The Hall–Kier alpha value is -1.81. The fraction of sp³-hybridized carbons (Fsp3) is 0.188. The predicted octanol–water partition coefficient (Wildman–Crippen LogP) is 4.34. The van der Waals surface area contributed by atoms with Crippen LogP contribution in [-0.2, 0) is 6.61 Å². The fourth-order valence-corrected chi connectivity index (χ4v) is 2.48. The molecule has 1 N–H and O–H groups in total. The Labute approximate surface area is 126 Å². The number of benzene rings is 2. The van der Waals surface area contributed by atoms with Crippen LogP contribution < -0.4 is 4.74 Å². The Bertz CT molecular complexity index is 650. The van der Waals surface area contributed by atoms with E-state index in [4.69, 9.17) is 9.84 Å². The van der Waals surface area contributed by atoms with Crippen LogP contribution in [0.5, 0.6) is 5.75 Å². The molecule has 4 heteroatoms. The molecule has 0 aliphatic rings. The molecule has 0 heterocycles. The van der Waals surface area contributed by atoms with Gasteiger partial charge in [0.15, 0.2) is 0 Å². The third-order valence-electron chi connectivity index (χ3n) is 3.06. The minimum atomic E-state index is -0.915. The zero-order valence-electron chi connectivity index (χ0n) is 11.3. The summed E-state index contributed by atoms with van der Waals surface area (Å²) in [6.07, 6.45) is 0. The largest absolute Gasteiger partial charge is 0.488 e. The van der Waals surface area contributed by atoms with E-state index in [0.717, 1.165) is 26.9 Å². The van der Waals surface area contributed by atoms with Gasteiger partial charge in [-0.15, -0.1) is 0 Å². The number of hydrogen-bond donors (Lipinski definition) is 1. The zero-order valence-corrected chi connectivity index (χ0v) is 12.9. The van der Waals surface area contributed by atoms with Gasteiger partial charge < -0.3 is 9.84 Å². The van der Waals surface area contributed by atoms with E-state index in [1.165, 1.54) is 0 Å². The van der Waals surface area contributed by atoms with Gasteiger partial charge >= 0.3 is 5.97 Å². The number of carbonyl (C=O) groups is 1. The summed E-state index contributed by atoms with van der Waals surface area (Å²) >= 11 is 3.47. The van der Waals surface area contributed by atoms with Crippen LogP contribution in [0.1, 0.15) is 27.0 Å². The van der Waals surface area contributed by atoms with Crippen LogP contribution in [-0.4, -0.2) is 11.1 Å². The highest BCUT2D eigenvalue weighted by Crippen LogP contribution is 2.27. The van der Waals surface area contributed by atoms with Crippen molar-refractivity contribution >= 4 is 21.9 Å². The number of rotatable bonds is 4. The van der Waals surface area contributed by atoms with Crippen molar-refractivity contribution in [2.75, 3.05) is 0 Å². The Morgan fingerprint density at radius 2 is 1.95 bits per heavy atom. The molecule has 0 aliphatic carbocycles. The van der Waals surface area contributed by atoms with Crippen molar-refractivity contribution < 1.29 is 14.6 Å². The van der Waals surface area contributed by atoms with E-state index in [1.54, 1.807) is 18.2 Å². The maximum atomic E-state index is 10.9. The van der Waals surface area contributed by atoms with Gasteiger partial charge in [0, 0.05) is 0 Å². The molecule has 0 aromatic heterocycles. The Morgan fingerprint density at radius 1 is 1.20 bits per heavy atom. The van der Waals surface area contributed by atoms with Crippen LogP contribution >= 0.6 is 15.9 Å². The molecule has 20 heavy (non-hydrogen) atoms. The molecule has 0 saturated carbocycles. The van der Waals surface area contributed by atoms with Gasteiger partial charge in [-0.1, -0.05) is 12.1 Å². The van der Waals surface area contributed by atoms with Gasteiger partial charge in [0.1, 0.15) is 12.4 Å². The van der Waals surface area contributed by atoms with Crippen LogP contribution in [0.15, 0.2) is 40.9 Å². The normalized spacial score (nSPS) is 10.3. The summed E-state index contributed by atoms with van der Waals surface area (Å²) in [5.74, 6) is -0.140. The smallest absolute Gasteiger partial charge is 0.335 e. The molecule has 0 unspecified atom stereocenters. The molecule has 0 spiro atoms. The number of hydrogen-bond acceptors (Lipinski definition) is 2. The lowest BCUT2D eigenvalue weighted by molar-refractivity contribution is 0.0696. The lowest BCUT2D eigenvalue weighted by Gasteiger charge is -2.11. The van der Waals surface area contributed by atoms with E-state index in [2.05, 4.69) is 15.9 Å². The molecule has 0 bridgehead atoms. The first-order valence-corrected chi connectivity index (χ1v) is 6.98. The third kappa shape index (κ3) is 3.39. The molecule has 2 aromatic rings. The van der Waals surface area contributed by atoms with Crippen molar-refractivity contribution in [3.05, 3.63) is 63.1 Å². The maximum absolute atomic E-state index is 10.9. The van der Waals surface area contributed by atoms with E-state index >= 15 is 0 Å². The summed E-state index contributed by atoms with van der Waals surface area (Å²) in [7, 11) is 0. The molecule has 0 fully saturated rings. The molecular formula is C16H15BrO3. The summed E-state index contributed by atoms with van der Waals surface area (Å²) in [5, 5.41) is 8.93. The number of aromatic carboxylic acids is 1. The second-order valence-electron chi connectivity index (χ2n) is 4.67. The Kier molecular flexibility index (Phi) is 4.45. The molecule has 0 radical (unpaired) electrons. The van der Waals surface area contributed by atoms with Crippen molar-refractivity contribution in [3.63, 3.8) is 0 Å². The zero-order chi connectivity index (χ0) is 14.7. The Balaban J connectivity index is 2.13. The predicted molar refractivity (Wildman–Crippen MR) is 81.3 cm³/mol. The van der Waals surface area contributed by atoms with Gasteiger partial charge in [-0.2, -0.15) is 0 Å². The summed E-state index contributed by atoms with van der Waals surface area (Å²) < 4.78 is 6.68. The van der Waals surface area contributed by atoms with E-state index in [9.17, 15) is 4.79 Å². The summed E-state index contributed by atoms with van der Waals surface area (Å²) in [4.78, 5) is 10.9. The lowest BCUT2D eigenvalue weighted by Crippen LogP contribution is -2.02. The first-order valence-electron chi connectivity index (χ1n) is 6.19. The van der Waals surface area contributed by atoms with Crippen molar-refractivity contribution in [1.29, 1.82) is 0 Å². The molecule has 0 amide bonds. The molecule has 3 nitrogen and oxygen atoms in total. The highest BCUT2D eigenvalue weighted by molar-refractivity contribution is 9.10. The van der Waals surface area contributed by atoms with Gasteiger partial charge in [-0.05, 0) is 70.7 Å². The van der Waals surface area contributed by atoms with Gasteiger partial charge in [0.25, 0.3) is 0 Å². The Morgan fingerprint density at radius 3 is 2.55 bits per heavy atom. The van der Waals surface area contributed by atoms with Gasteiger partial charge in [0.2, 0.25) is 0 Å². The van der Waals surface area contributed by atoms with Gasteiger partial charge in [-0.3, -0.25) is 0 Å². The minimum Gasteiger partial charge on any atom is -0.488 e. The average molecular weight is 335 g/mol. The van der Waals surface area contributed by atoms with E-state index < -0.39 is 5.97 Å². The van der Waals surface area contributed by atoms with Crippen molar-refractivity contribution in [3.8, 4) is 5.75 Å². The summed E-state index contributed by atoms with van der Waals surface area (Å²) in [5.41, 5.74) is 3.34. The van der Waals surface area contributed by atoms with Crippen molar-refractivity contribution in [2.24, 2.45) is 0 Å². The molecular weight excluding hydrogens is 320 g/mol. The SMILES string of the molecule is Cc1ccc(OCc2ccc(C(=O)O)cc2C)c(Br)c1. The topological polar surface area (TPSA) is 46.5 Å². The van der Waals surface area contributed by atoms with Crippen molar-refractivity contribution in [2.45, 2.75) is 20.5 Å². The molecule has 104 valence electrons. The molecule has 0 aliphatic heterocycles. The van der Waals surface area contributed by atoms with E-state index in [1.807, 2.05) is 32.0 Å². The second kappa shape index (κ2) is 6.09. The van der Waals surface area contributed by atoms with Crippen LogP contribution in [0.25, 0.3) is 0 Å². The number of carboxylic acid groups (broad SMARTS) is 1. The van der Waals surface area contributed by atoms with Gasteiger partial charge in [-0.25, -0.2) is 4.79 Å². The first-order chi connectivity index (χ1) is 9.47. The van der Waals surface area contributed by atoms with E-state index in [0.29, 0.717) is 12.2 Å². The minimum absolute atomic E-state index is 0.294. The van der Waals surface area contributed by atoms with Gasteiger partial charge in [0.05, 0.1) is 10.0 Å². The summed E-state index contributed by atoms with van der Waals surface area (Å²) in [6, 6.07) is 10.9. The third-order valence-corrected chi connectivity index (χ3v) is 3.68. The van der Waals surface area contributed by atoms with Crippen LogP contribution in [0.4, 0.5) is 0 Å². The number of halogens is 1. The molecule has 0 saturated heterocycles. The number of aryl methyl sites for hydroxylation is 2. The average Bonchev–Trinajstić information content (AvgIpc) is 2.38. The fourth-order valence-electron chi connectivity index (χ4n) is 1.87. The lowest BCUT2D eigenvalue weighted by atomic mass is 10.1. The monoisotopic (exact) mass is 334 g/mol. The van der Waals surface area contributed by atoms with E-state index in [-0.39, 0.29) is 0 Å². The van der Waals surface area contributed by atoms with Crippen LogP contribution in [0, 0.1) is 13.8 Å². The molecule has 2 aromatic carbocycles.